The summed E-state index contributed by atoms with van der Waals surface area (Å²) >= 11 is 0. The summed E-state index contributed by atoms with van der Waals surface area (Å²) in [5.41, 5.74) is 1.03. The van der Waals surface area contributed by atoms with Crippen LogP contribution < -0.4 is 0 Å². The van der Waals surface area contributed by atoms with Crippen molar-refractivity contribution in [3.63, 3.8) is 0 Å². The molecular formula is C24H31NO6. The minimum absolute atomic E-state index is 0.0600. The molecule has 0 bridgehead atoms. The lowest BCUT2D eigenvalue weighted by Crippen LogP contribution is -2.52. The van der Waals surface area contributed by atoms with Crippen molar-refractivity contribution < 1.29 is 28.5 Å². The highest BCUT2D eigenvalue weighted by atomic mass is 16.6. The van der Waals surface area contributed by atoms with E-state index in [1.807, 2.05) is 31.2 Å². The minimum atomic E-state index is -0.961. The number of nitrogens with zero attached hydrogens (tertiary/aromatic N) is 1. The van der Waals surface area contributed by atoms with Crippen LogP contribution in [-0.2, 0) is 23.7 Å². The second-order valence-corrected chi connectivity index (χ2v) is 8.05. The third-order valence-electron chi connectivity index (χ3n) is 5.99. The van der Waals surface area contributed by atoms with Crippen molar-refractivity contribution in [3.05, 3.63) is 35.4 Å². The number of methoxy groups -OCH3 is 2. The number of hydrogen-bond acceptors (Lipinski definition) is 6. The number of rotatable bonds is 6. The summed E-state index contributed by atoms with van der Waals surface area (Å²) in [6, 6.07) is 7.86. The van der Waals surface area contributed by atoms with E-state index in [0.717, 1.165) is 24.0 Å². The molecule has 2 fully saturated rings. The first kappa shape index (κ1) is 23.1. The molecule has 0 unspecified atom stereocenters. The standard InChI is InChI=1S/C24H31NO6/c1-18-6-4-7-19(16-18)9-12-24(31-22(26)17-30-15-14-28-2)11-5-8-21-20(24)10-13-25(21)23(27)29-3/h4,6-7,16,20-21H,5,8,10-11,13-15,17H2,1-3H3/t20-,21-,24-/m1/s1. The highest BCUT2D eigenvalue weighted by Gasteiger charge is 2.53. The first-order chi connectivity index (χ1) is 15.0. The predicted molar refractivity (Wildman–Crippen MR) is 114 cm³/mol. The van der Waals surface area contributed by atoms with Crippen LogP contribution in [0.4, 0.5) is 4.79 Å². The SMILES string of the molecule is COCCOCC(=O)O[C@@]1(C#Cc2cccc(C)c2)CCC[C@@H]2[C@H]1CCN2C(=O)OC. The maximum atomic E-state index is 12.6. The van der Waals surface area contributed by atoms with E-state index >= 15 is 0 Å². The zero-order valence-corrected chi connectivity index (χ0v) is 18.5. The number of ether oxygens (including phenoxy) is 4. The van der Waals surface area contributed by atoms with Crippen LogP contribution in [0.5, 0.6) is 0 Å². The fraction of sp³-hybridized carbons (Fsp3) is 0.583. The molecule has 1 aliphatic heterocycles. The molecule has 0 radical (unpaired) electrons. The summed E-state index contributed by atoms with van der Waals surface area (Å²) in [5, 5.41) is 0. The first-order valence-corrected chi connectivity index (χ1v) is 10.7. The second kappa shape index (κ2) is 10.7. The van der Waals surface area contributed by atoms with Crippen molar-refractivity contribution >= 4 is 12.1 Å². The molecule has 168 valence electrons. The fourth-order valence-electron chi connectivity index (χ4n) is 4.60. The normalized spacial score (nSPS) is 24.7. The highest BCUT2D eigenvalue weighted by molar-refractivity contribution is 5.72. The topological polar surface area (TPSA) is 74.3 Å². The second-order valence-electron chi connectivity index (χ2n) is 8.05. The van der Waals surface area contributed by atoms with Crippen LogP contribution in [0.2, 0.25) is 0 Å². The Kier molecular flexibility index (Phi) is 7.94. The molecule has 1 aromatic carbocycles. The highest BCUT2D eigenvalue weighted by Crippen LogP contribution is 2.45. The lowest BCUT2D eigenvalue weighted by Gasteiger charge is -2.42. The van der Waals surface area contributed by atoms with Gasteiger partial charge in [0.15, 0.2) is 5.60 Å². The zero-order valence-electron chi connectivity index (χ0n) is 18.5. The maximum Gasteiger partial charge on any atom is 0.409 e. The van der Waals surface area contributed by atoms with Gasteiger partial charge < -0.3 is 23.8 Å². The molecule has 7 nitrogen and oxygen atoms in total. The molecule has 1 heterocycles. The number of fused-ring (bicyclic) bond motifs is 1. The lowest BCUT2D eigenvalue weighted by molar-refractivity contribution is -0.168. The van der Waals surface area contributed by atoms with Gasteiger partial charge >= 0.3 is 12.1 Å². The molecule has 0 aromatic heterocycles. The lowest BCUT2D eigenvalue weighted by atomic mass is 9.72. The minimum Gasteiger partial charge on any atom is -0.453 e. The molecular weight excluding hydrogens is 398 g/mol. The molecule has 7 heteroatoms. The van der Waals surface area contributed by atoms with E-state index in [1.54, 1.807) is 12.0 Å². The van der Waals surface area contributed by atoms with Gasteiger partial charge in [-0.3, -0.25) is 0 Å². The van der Waals surface area contributed by atoms with Gasteiger partial charge in [0, 0.05) is 31.2 Å². The van der Waals surface area contributed by atoms with E-state index in [9.17, 15) is 9.59 Å². The van der Waals surface area contributed by atoms with Crippen LogP contribution >= 0.6 is 0 Å². The number of carbonyl (C=O) groups excluding carboxylic acids is 2. The van der Waals surface area contributed by atoms with Crippen molar-refractivity contribution in [2.45, 2.75) is 44.2 Å². The predicted octanol–water partition coefficient (Wildman–Crippen LogP) is 2.93. The Morgan fingerprint density at radius 2 is 2.06 bits per heavy atom. The Labute approximate surface area is 184 Å². The van der Waals surface area contributed by atoms with E-state index < -0.39 is 11.6 Å². The largest absolute Gasteiger partial charge is 0.453 e. The van der Waals surface area contributed by atoms with E-state index in [2.05, 4.69) is 11.8 Å². The third-order valence-corrected chi connectivity index (χ3v) is 5.99. The summed E-state index contributed by atoms with van der Waals surface area (Å²) in [4.78, 5) is 26.6. The Balaban J connectivity index is 1.86. The van der Waals surface area contributed by atoms with Crippen LogP contribution in [-0.4, -0.2) is 69.2 Å². The van der Waals surface area contributed by atoms with Gasteiger partial charge in [0.1, 0.15) is 6.61 Å². The van der Waals surface area contributed by atoms with Crippen LogP contribution in [0, 0.1) is 24.7 Å². The van der Waals surface area contributed by atoms with Crippen LogP contribution in [0.25, 0.3) is 0 Å². The van der Waals surface area contributed by atoms with E-state index in [1.165, 1.54) is 7.11 Å². The van der Waals surface area contributed by atoms with Gasteiger partial charge in [-0.15, -0.1) is 0 Å². The van der Waals surface area contributed by atoms with Gasteiger partial charge in [-0.2, -0.15) is 0 Å². The number of carbonyl (C=O) groups is 2. The van der Waals surface area contributed by atoms with Crippen LogP contribution in [0.3, 0.4) is 0 Å². The van der Waals surface area contributed by atoms with Gasteiger partial charge in [0.2, 0.25) is 0 Å². The monoisotopic (exact) mass is 429 g/mol. The van der Waals surface area contributed by atoms with E-state index in [0.29, 0.717) is 32.6 Å². The van der Waals surface area contributed by atoms with Gasteiger partial charge in [-0.05, 0) is 56.2 Å². The molecule has 3 atom stereocenters. The quantitative estimate of drug-likeness (QED) is 0.393. The summed E-state index contributed by atoms with van der Waals surface area (Å²) in [6.07, 6.45) is 2.64. The number of esters is 1. The summed E-state index contributed by atoms with van der Waals surface area (Å²) < 4.78 is 21.3. The Hall–Kier alpha value is -2.56. The number of likely N-dealkylation sites (tertiary alicyclic amines) is 1. The molecule has 1 aromatic rings. The van der Waals surface area contributed by atoms with Crippen molar-refractivity contribution in [3.8, 4) is 11.8 Å². The first-order valence-electron chi connectivity index (χ1n) is 10.7. The van der Waals surface area contributed by atoms with E-state index in [4.69, 9.17) is 18.9 Å². The summed E-state index contributed by atoms with van der Waals surface area (Å²) in [7, 11) is 2.97. The van der Waals surface area contributed by atoms with Gasteiger partial charge in [0.05, 0.1) is 20.3 Å². The maximum absolute atomic E-state index is 12.6. The van der Waals surface area contributed by atoms with Crippen molar-refractivity contribution in [1.29, 1.82) is 0 Å². The number of hydrogen-bond donors (Lipinski definition) is 0. The summed E-state index contributed by atoms with van der Waals surface area (Å²) in [5.74, 6) is 6.01. The molecule has 1 saturated heterocycles. The number of amides is 1. The van der Waals surface area contributed by atoms with Crippen molar-refractivity contribution in [1.82, 2.24) is 4.90 Å². The molecule has 0 spiro atoms. The van der Waals surface area contributed by atoms with Crippen molar-refractivity contribution in [2.24, 2.45) is 5.92 Å². The Morgan fingerprint density at radius 1 is 1.23 bits per heavy atom. The fourth-order valence-corrected chi connectivity index (χ4v) is 4.60. The molecule has 3 rings (SSSR count). The Bertz CT molecular complexity index is 844. The number of benzene rings is 1. The average Bonchev–Trinajstić information content (AvgIpc) is 3.21. The molecule has 0 N–H and O–H groups in total. The zero-order chi connectivity index (χ0) is 22.3. The molecule has 31 heavy (non-hydrogen) atoms. The van der Waals surface area contributed by atoms with Gasteiger partial charge in [0.25, 0.3) is 0 Å². The van der Waals surface area contributed by atoms with E-state index in [-0.39, 0.29) is 24.7 Å². The molecule has 2 aliphatic rings. The van der Waals surface area contributed by atoms with Crippen molar-refractivity contribution in [2.75, 3.05) is 40.6 Å². The summed E-state index contributed by atoms with van der Waals surface area (Å²) in [6.45, 7) is 3.15. The molecule has 1 aliphatic carbocycles. The smallest absolute Gasteiger partial charge is 0.409 e. The Morgan fingerprint density at radius 3 is 2.81 bits per heavy atom. The molecule has 1 saturated carbocycles. The van der Waals surface area contributed by atoms with Crippen LogP contribution in [0.15, 0.2) is 24.3 Å². The number of aryl methyl sites for hydroxylation is 1. The van der Waals surface area contributed by atoms with Gasteiger partial charge in [-0.25, -0.2) is 9.59 Å². The van der Waals surface area contributed by atoms with Crippen LogP contribution in [0.1, 0.15) is 36.8 Å². The molecule has 1 amide bonds. The average molecular weight is 430 g/mol. The van der Waals surface area contributed by atoms with Gasteiger partial charge in [-0.1, -0.05) is 18.1 Å². The third kappa shape index (κ3) is 5.57.